The second-order valence-electron chi connectivity index (χ2n) is 7.76. The van der Waals surface area contributed by atoms with Crippen LogP contribution in [0.5, 0.6) is 11.5 Å². The normalized spacial score (nSPS) is 15.6. The molecular weight excluding hydrogens is 426 g/mol. The molecule has 0 N–H and O–H groups in total. The molecule has 1 atom stereocenters. The van der Waals surface area contributed by atoms with Gasteiger partial charge in [0.25, 0.3) is 0 Å². The van der Waals surface area contributed by atoms with Crippen LogP contribution in [0.1, 0.15) is 27.2 Å². The molecule has 0 spiro atoms. The molecule has 32 heavy (non-hydrogen) atoms. The lowest BCUT2D eigenvalue weighted by Gasteiger charge is -2.17. The lowest BCUT2D eigenvalue weighted by Crippen LogP contribution is -2.27. The molecule has 164 valence electrons. The van der Waals surface area contributed by atoms with Crippen molar-refractivity contribution in [3.8, 4) is 11.5 Å². The molecule has 4 rings (SSSR count). The van der Waals surface area contributed by atoms with Crippen LogP contribution in [0.4, 0.5) is 5.69 Å². The number of Topliss-reactive ketones (excluding diaryl/α,β-unsaturated/α-hetero) is 1. The Morgan fingerprint density at radius 1 is 1.03 bits per heavy atom. The van der Waals surface area contributed by atoms with Gasteiger partial charge in [-0.1, -0.05) is 12.1 Å². The van der Waals surface area contributed by atoms with Gasteiger partial charge in [0.15, 0.2) is 6.61 Å². The number of nitrogens with zero attached hydrogens (tertiary/aromatic N) is 1. The fourth-order valence-electron chi connectivity index (χ4n) is 3.49. The molecule has 0 bridgehead atoms. The second kappa shape index (κ2) is 9.36. The third-order valence-electron chi connectivity index (χ3n) is 5.46. The number of rotatable bonds is 7. The van der Waals surface area contributed by atoms with Crippen LogP contribution < -0.4 is 9.64 Å². The highest BCUT2D eigenvalue weighted by Crippen LogP contribution is 2.29. The number of aryl methyl sites for hydroxylation is 2. The Balaban J connectivity index is 1.34. The zero-order chi connectivity index (χ0) is 22.7. The average molecular weight is 450 g/mol. The largest absolute Gasteiger partial charge is 0.457 e. The minimum absolute atomic E-state index is 0.0624. The topological polar surface area (TPSA) is 72.9 Å². The lowest BCUT2D eigenvalue weighted by atomic mass is 10.1. The molecule has 2 heterocycles. The standard InChI is InChI=1S/C25H23NO5S/c1-16-5-8-21(12-17(16)2)31-20-9-6-19(7-10-20)26-14-18(13-24(26)28)25(29)30-15-22(27)23-4-3-11-32-23/h3-12,18H,13-15H2,1-2H3/t18-/m1/s1. The number of ether oxygens (including phenoxy) is 2. The second-order valence-corrected chi connectivity index (χ2v) is 8.70. The Bertz CT molecular complexity index is 1140. The first-order valence-electron chi connectivity index (χ1n) is 10.3. The summed E-state index contributed by atoms with van der Waals surface area (Å²) in [6.07, 6.45) is 0.0624. The van der Waals surface area contributed by atoms with Gasteiger partial charge >= 0.3 is 5.97 Å². The van der Waals surface area contributed by atoms with Gasteiger partial charge in [-0.25, -0.2) is 0 Å². The number of carbonyl (C=O) groups is 3. The maximum atomic E-state index is 12.5. The van der Waals surface area contributed by atoms with E-state index in [1.54, 1.807) is 46.7 Å². The Morgan fingerprint density at radius 2 is 1.78 bits per heavy atom. The number of benzene rings is 2. The quantitative estimate of drug-likeness (QED) is 0.378. The van der Waals surface area contributed by atoms with Crippen LogP contribution in [-0.2, 0) is 14.3 Å². The van der Waals surface area contributed by atoms with Gasteiger partial charge in [-0.05, 0) is 72.8 Å². The van der Waals surface area contributed by atoms with Gasteiger partial charge in [0.2, 0.25) is 11.7 Å². The first-order chi connectivity index (χ1) is 15.4. The Morgan fingerprint density at radius 3 is 2.47 bits per heavy atom. The summed E-state index contributed by atoms with van der Waals surface area (Å²) in [6, 6.07) is 16.5. The van der Waals surface area contributed by atoms with E-state index in [4.69, 9.17) is 9.47 Å². The maximum Gasteiger partial charge on any atom is 0.311 e. The Hall–Kier alpha value is -3.45. The molecule has 3 aromatic rings. The summed E-state index contributed by atoms with van der Waals surface area (Å²) in [7, 11) is 0. The molecule has 0 radical (unpaired) electrons. The minimum Gasteiger partial charge on any atom is -0.457 e. The van der Waals surface area contributed by atoms with E-state index >= 15 is 0 Å². The molecule has 0 saturated carbocycles. The van der Waals surface area contributed by atoms with Gasteiger partial charge in [-0.2, -0.15) is 0 Å². The van der Waals surface area contributed by atoms with Crippen LogP contribution in [0.15, 0.2) is 60.0 Å². The third kappa shape index (κ3) is 4.89. The fourth-order valence-corrected chi connectivity index (χ4v) is 4.14. The average Bonchev–Trinajstić information content (AvgIpc) is 3.45. The molecule has 1 saturated heterocycles. The molecule has 0 aliphatic carbocycles. The van der Waals surface area contributed by atoms with Crippen molar-refractivity contribution in [2.24, 2.45) is 5.92 Å². The predicted octanol–water partition coefficient (Wildman–Crippen LogP) is 4.94. The SMILES string of the molecule is Cc1ccc(Oc2ccc(N3C[C@H](C(=O)OCC(=O)c4cccs4)CC3=O)cc2)cc1C. The molecule has 6 nitrogen and oxygen atoms in total. The van der Waals surface area contributed by atoms with Crippen molar-refractivity contribution in [1.82, 2.24) is 0 Å². The van der Waals surface area contributed by atoms with E-state index in [1.165, 1.54) is 16.9 Å². The first kappa shape index (κ1) is 21.8. The summed E-state index contributed by atoms with van der Waals surface area (Å²) in [5.41, 5.74) is 3.04. The molecule has 1 amide bonds. The van der Waals surface area contributed by atoms with Crippen molar-refractivity contribution >= 4 is 34.7 Å². The number of carbonyl (C=O) groups excluding carboxylic acids is 3. The summed E-state index contributed by atoms with van der Waals surface area (Å²) in [5, 5.41) is 1.79. The van der Waals surface area contributed by atoms with Gasteiger partial charge in [-0.3, -0.25) is 14.4 Å². The highest BCUT2D eigenvalue weighted by molar-refractivity contribution is 7.12. The van der Waals surface area contributed by atoms with Gasteiger partial charge in [0.1, 0.15) is 11.5 Å². The van der Waals surface area contributed by atoms with Gasteiger partial charge < -0.3 is 14.4 Å². The Labute approximate surface area is 190 Å². The summed E-state index contributed by atoms with van der Waals surface area (Å²) < 4.78 is 11.1. The van der Waals surface area contributed by atoms with Crippen molar-refractivity contribution in [2.75, 3.05) is 18.1 Å². The summed E-state index contributed by atoms with van der Waals surface area (Å²) in [6.45, 7) is 3.99. The van der Waals surface area contributed by atoms with E-state index < -0.39 is 11.9 Å². The summed E-state index contributed by atoms with van der Waals surface area (Å²) >= 11 is 1.30. The smallest absolute Gasteiger partial charge is 0.311 e. The van der Waals surface area contributed by atoms with Crippen LogP contribution in [-0.4, -0.2) is 30.8 Å². The van der Waals surface area contributed by atoms with Crippen molar-refractivity contribution in [3.63, 3.8) is 0 Å². The zero-order valence-electron chi connectivity index (χ0n) is 17.9. The van der Waals surface area contributed by atoms with Gasteiger partial charge in [-0.15, -0.1) is 11.3 Å². The van der Waals surface area contributed by atoms with Crippen LogP contribution in [0.2, 0.25) is 0 Å². The fraction of sp³-hybridized carbons (Fsp3) is 0.240. The van der Waals surface area contributed by atoms with E-state index in [9.17, 15) is 14.4 Å². The molecule has 1 aliphatic rings. The van der Waals surface area contributed by atoms with E-state index in [1.807, 2.05) is 32.0 Å². The van der Waals surface area contributed by atoms with E-state index in [2.05, 4.69) is 0 Å². The number of anilines is 1. The third-order valence-corrected chi connectivity index (χ3v) is 6.37. The summed E-state index contributed by atoms with van der Waals surface area (Å²) in [4.78, 5) is 39.0. The number of hydrogen-bond acceptors (Lipinski definition) is 6. The van der Waals surface area contributed by atoms with Crippen LogP contribution >= 0.6 is 11.3 Å². The maximum absolute atomic E-state index is 12.5. The first-order valence-corrected chi connectivity index (χ1v) is 11.2. The minimum atomic E-state index is -0.593. The number of thiophene rings is 1. The highest BCUT2D eigenvalue weighted by Gasteiger charge is 2.36. The molecule has 0 unspecified atom stereocenters. The van der Waals surface area contributed by atoms with E-state index in [0.717, 1.165) is 11.3 Å². The molecule has 1 aliphatic heterocycles. The molecule has 1 fully saturated rings. The van der Waals surface area contributed by atoms with E-state index in [0.29, 0.717) is 16.3 Å². The summed E-state index contributed by atoms with van der Waals surface area (Å²) in [5.74, 6) is -0.108. The number of hydrogen-bond donors (Lipinski definition) is 0. The monoisotopic (exact) mass is 449 g/mol. The molecular formula is C25H23NO5S. The van der Waals surface area contributed by atoms with Gasteiger partial charge in [0, 0.05) is 18.7 Å². The molecule has 1 aromatic heterocycles. The predicted molar refractivity (Wildman–Crippen MR) is 123 cm³/mol. The van der Waals surface area contributed by atoms with Crippen molar-refractivity contribution in [1.29, 1.82) is 0 Å². The van der Waals surface area contributed by atoms with Crippen LogP contribution in [0.3, 0.4) is 0 Å². The Kier molecular flexibility index (Phi) is 6.37. The van der Waals surface area contributed by atoms with Crippen molar-refractivity contribution in [3.05, 3.63) is 76.0 Å². The zero-order valence-corrected chi connectivity index (χ0v) is 18.7. The highest BCUT2D eigenvalue weighted by atomic mass is 32.1. The van der Waals surface area contributed by atoms with Crippen molar-refractivity contribution in [2.45, 2.75) is 20.3 Å². The molecule has 7 heteroatoms. The van der Waals surface area contributed by atoms with Crippen molar-refractivity contribution < 1.29 is 23.9 Å². The lowest BCUT2D eigenvalue weighted by molar-refractivity contribution is -0.147. The van der Waals surface area contributed by atoms with Crippen LogP contribution in [0.25, 0.3) is 0 Å². The van der Waals surface area contributed by atoms with Crippen LogP contribution in [0, 0.1) is 19.8 Å². The molecule has 2 aromatic carbocycles. The number of amides is 1. The number of esters is 1. The van der Waals surface area contributed by atoms with Gasteiger partial charge in [0.05, 0.1) is 10.8 Å². The number of ketones is 1. The van der Waals surface area contributed by atoms with E-state index in [-0.39, 0.29) is 31.3 Å².